The van der Waals surface area contributed by atoms with Gasteiger partial charge in [0.05, 0.1) is 11.3 Å². The fourth-order valence-corrected chi connectivity index (χ4v) is 2.31. The average Bonchev–Trinajstić information content (AvgIpc) is 2.93. The van der Waals surface area contributed by atoms with Gasteiger partial charge < -0.3 is 19.7 Å². The summed E-state index contributed by atoms with van der Waals surface area (Å²) in [6.07, 6.45) is 0. The van der Waals surface area contributed by atoms with Crippen molar-refractivity contribution < 1.29 is 19.2 Å². The maximum atomic E-state index is 12.2. The van der Waals surface area contributed by atoms with Gasteiger partial charge in [-0.2, -0.15) is 0 Å². The normalized spacial score (nSPS) is 10.5. The number of aryl methyl sites for hydroxylation is 2. The molecule has 0 aliphatic rings. The van der Waals surface area contributed by atoms with Crippen LogP contribution in [-0.4, -0.2) is 16.2 Å². The van der Waals surface area contributed by atoms with Gasteiger partial charge >= 0.3 is 0 Å². The lowest BCUT2D eigenvalue weighted by Crippen LogP contribution is -2.11. The standard InChI is InChI=1S/C19H18N2O4/c1-12-18(13(2)25-21-12)11-24-17-9-3-14(4-10-17)19(23)20-15-5-7-16(22)8-6-15/h3-10,22H,11H2,1-2H3,(H,20,23). The summed E-state index contributed by atoms with van der Waals surface area (Å²) in [5.41, 5.74) is 2.86. The molecule has 0 radical (unpaired) electrons. The first-order valence-corrected chi connectivity index (χ1v) is 7.78. The molecule has 0 unspecified atom stereocenters. The third-order valence-electron chi connectivity index (χ3n) is 3.81. The van der Waals surface area contributed by atoms with E-state index in [0.29, 0.717) is 23.6 Å². The number of hydrogen-bond donors (Lipinski definition) is 2. The number of aromatic nitrogens is 1. The number of phenols is 1. The third-order valence-corrected chi connectivity index (χ3v) is 3.81. The lowest BCUT2D eigenvalue weighted by molar-refractivity contribution is 0.102. The number of carbonyl (C=O) groups is 1. The first kappa shape index (κ1) is 16.6. The molecule has 0 saturated heterocycles. The van der Waals surface area contributed by atoms with Crippen molar-refractivity contribution in [3.63, 3.8) is 0 Å². The average molecular weight is 338 g/mol. The molecule has 0 saturated carbocycles. The van der Waals surface area contributed by atoms with Crippen LogP contribution < -0.4 is 10.1 Å². The van der Waals surface area contributed by atoms with Crippen LogP contribution >= 0.6 is 0 Å². The predicted octanol–water partition coefficient (Wildman–Crippen LogP) is 3.83. The van der Waals surface area contributed by atoms with Crippen LogP contribution in [0.1, 0.15) is 27.4 Å². The highest BCUT2D eigenvalue weighted by atomic mass is 16.5. The SMILES string of the molecule is Cc1noc(C)c1COc1ccc(C(=O)Nc2ccc(O)cc2)cc1. The Kier molecular flexibility index (Phi) is 4.70. The number of aromatic hydroxyl groups is 1. The minimum Gasteiger partial charge on any atom is -0.508 e. The van der Waals surface area contributed by atoms with Crippen LogP contribution in [0.5, 0.6) is 11.5 Å². The molecule has 3 rings (SSSR count). The second-order valence-corrected chi connectivity index (χ2v) is 5.62. The molecular formula is C19H18N2O4. The Morgan fingerprint density at radius 3 is 2.40 bits per heavy atom. The van der Waals surface area contributed by atoms with E-state index in [1.54, 1.807) is 36.4 Å². The number of anilines is 1. The molecule has 0 aliphatic carbocycles. The highest BCUT2D eigenvalue weighted by molar-refractivity contribution is 6.04. The second kappa shape index (κ2) is 7.09. The molecule has 128 valence electrons. The van der Waals surface area contributed by atoms with E-state index in [0.717, 1.165) is 17.0 Å². The van der Waals surface area contributed by atoms with Gasteiger partial charge in [-0.15, -0.1) is 0 Å². The summed E-state index contributed by atoms with van der Waals surface area (Å²) < 4.78 is 10.8. The summed E-state index contributed by atoms with van der Waals surface area (Å²) in [5, 5.41) is 15.9. The number of amides is 1. The summed E-state index contributed by atoms with van der Waals surface area (Å²) in [6.45, 7) is 4.07. The summed E-state index contributed by atoms with van der Waals surface area (Å²) in [5.74, 6) is 1.31. The maximum Gasteiger partial charge on any atom is 0.255 e. The molecule has 25 heavy (non-hydrogen) atoms. The largest absolute Gasteiger partial charge is 0.508 e. The molecule has 1 amide bonds. The van der Waals surface area contributed by atoms with E-state index in [-0.39, 0.29) is 11.7 Å². The fourth-order valence-electron chi connectivity index (χ4n) is 2.31. The zero-order chi connectivity index (χ0) is 17.8. The molecule has 1 aromatic heterocycles. The van der Waals surface area contributed by atoms with Crippen molar-refractivity contribution in [2.45, 2.75) is 20.5 Å². The van der Waals surface area contributed by atoms with Gasteiger partial charge in [0.15, 0.2) is 0 Å². The second-order valence-electron chi connectivity index (χ2n) is 5.62. The Morgan fingerprint density at radius 1 is 1.12 bits per heavy atom. The summed E-state index contributed by atoms with van der Waals surface area (Å²) >= 11 is 0. The third kappa shape index (κ3) is 3.98. The molecule has 1 heterocycles. The van der Waals surface area contributed by atoms with Crippen LogP contribution in [-0.2, 0) is 6.61 Å². The van der Waals surface area contributed by atoms with Crippen molar-refractivity contribution in [2.75, 3.05) is 5.32 Å². The molecule has 6 heteroatoms. The zero-order valence-electron chi connectivity index (χ0n) is 13.9. The van der Waals surface area contributed by atoms with Crippen LogP contribution in [0.2, 0.25) is 0 Å². The van der Waals surface area contributed by atoms with E-state index in [1.165, 1.54) is 12.1 Å². The van der Waals surface area contributed by atoms with Gasteiger partial charge in [0.2, 0.25) is 0 Å². The lowest BCUT2D eigenvalue weighted by atomic mass is 10.2. The van der Waals surface area contributed by atoms with Crippen LogP contribution in [0.15, 0.2) is 53.1 Å². The maximum absolute atomic E-state index is 12.2. The molecule has 3 aromatic rings. The quantitative estimate of drug-likeness (QED) is 0.691. The molecule has 2 aromatic carbocycles. The first-order chi connectivity index (χ1) is 12.0. The molecule has 0 atom stereocenters. The molecule has 6 nitrogen and oxygen atoms in total. The highest BCUT2D eigenvalue weighted by Crippen LogP contribution is 2.19. The van der Waals surface area contributed by atoms with E-state index in [9.17, 15) is 9.90 Å². The zero-order valence-corrected chi connectivity index (χ0v) is 13.9. The van der Waals surface area contributed by atoms with Gasteiger partial charge in [-0.05, 0) is 62.4 Å². The minimum atomic E-state index is -0.233. The van der Waals surface area contributed by atoms with Gasteiger partial charge in [-0.25, -0.2) is 0 Å². The van der Waals surface area contributed by atoms with Gasteiger partial charge in [0.1, 0.15) is 23.9 Å². The molecule has 2 N–H and O–H groups in total. The number of nitrogens with zero attached hydrogens (tertiary/aromatic N) is 1. The molecule has 0 bridgehead atoms. The van der Waals surface area contributed by atoms with Crippen molar-refractivity contribution in [1.29, 1.82) is 0 Å². The number of phenolic OH excluding ortho intramolecular Hbond substituents is 1. The number of ether oxygens (including phenoxy) is 1. The topological polar surface area (TPSA) is 84.6 Å². The molecular weight excluding hydrogens is 320 g/mol. The Balaban J connectivity index is 1.61. The summed E-state index contributed by atoms with van der Waals surface area (Å²) in [6, 6.07) is 13.2. The first-order valence-electron chi connectivity index (χ1n) is 7.78. The number of hydrogen-bond acceptors (Lipinski definition) is 5. The Morgan fingerprint density at radius 2 is 1.80 bits per heavy atom. The predicted molar refractivity (Wildman–Crippen MR) is 92.8 cm³/mol. The van der Waals surface area contributed by atoms with Gasteiger partial charge in [-0.3, -0.25) is 4.79 Å². The van der Waals surface area contributed by atoms with E-state index in [2.05, 4.69) is 10.5 Å². The number of carbonyl (C=O) groups excluding carboxylic acids is 1. The van der Waals surface area contributed by atoms with Crippen molar-refractivity contribution >= 4 is 11.6 Å². The number of benzene rings is 2. The Bertz CT molecular complexity index is 848. The van der Waals surface area contributed by atoms with Gasteiger partial charge in [0.25, 0.3) is 5.91 Å². The minimum absolute atomic E-state index is 0.151. The van der Waals surface area contributed by atoms with Crippen molar-refractivity contribution in [1.82, 2.24) is 5.16 Å². The lowest BCUT2D eigenvalue weighted by Gasteiger charge is -2.08. The van der Waals surface area contributed by atoms with E-state index < -0.39 is 0 Å². The van der Waals surface area contributed by atoms with Crippen molar-refractivity contribution in [3.05, 3.63) is 71.1 Å². The van der Waals surface area contributed by atoms with Gasteiger partial charge in [-0.1, -0.05) is 5.16 Å². The fraction of sp³-hybridized carbons (Fsp3) is 0.158. The Labute approximate surface area is 145 Å². The van der Waals surface area contributed by atoms with Crippen LogP contribution in [0.4, 0.5) is 5.69 Å². The van der Waals surface area contributed by atoms with Gasteiger partial charge in [0, 0.05) is 11.3 Å². The summed E-state index contributed by atoms with van der Waals surface area (Å²) in [4.78, 5) is 12.2. The molecule has 0 fully saturated rings. The van der Waals surface area contributed by atoms with Crippen molar-refractivity contribution in [3.8, 4) is 11.5 Å². The van der Waals surface area contributed by atoms with Crippen LogP contribution in [0, 0.1) is 13.8 Å². The van der Waals surface area contributed by atoms with E-state index >= 15 is 0 Å². The Hall–Kier alpha value is -3.28. The van der Waals surface area contributed by atoms with Crippen LogP contribution in [0.3, 0.4) is 0 Å². The molecule has 0 aliphatic heterocycles. The monoisotopic (exact) mass is 338 g/mol. The smallest absolute Gasteiger partial charge is 0.255 e. The van der Waals surface area contributed by atoms with E-state index in [1.807, 2.05) is 13.8 Å². The highest BCUT2D eigenvalue weighted by Gasteiger charge is 2.10. The van der Waals surface area contributed by atoms with E-state index in [4.69, 9.17) is 9.26 Å². The van der Waals surface area contributed by atoms with Crippen LogP contribution in [0.25, 0.3) is 0 Å². The number of nitrogens with one attached hydrogen (secondary N) is 1. The van der Waals surface area contributed by atoms with Crippen molar-refractivity contribution in [2.24, 2.45) is 0 Å². The molecule has 0 spiro atoms. The number of rotatable bonds is 5. The summed E-state index contributed by atoms with van der Waals surface area (Å²) in [7, 11) is 0.